The van der Waals surface area contributed by atoms with Crippen molar-refractivity contribution < 1.29 is 19.4 Å². The van der Waals surface area contributed by atoms with E-state index in [4.69, 9.17) is 4.74 Å². The molecule has 162 valence electrons. The monoisotopic (exact) mass is 421 g/mol. The van der Waals surface area contributed by atoms with Crippen molar-refractivity contribution >= 4 is 28.8 Å². The minimum Gasteiger partial charge on any atom is -0.502 e. The predicted molar refractivity (Wildman–Crippen MR) is 120 cm³/mol. The van der Waals surface area contributed by atoms with E-state index >= 15 is 0 Å². The molecule has 2 aromatic rings. The molecule has 4 rings (SSSR count). The number of benzene rings is 2. The Morgan fingerprint density at radius 3 is 2.10 bits per heavy atom. The first-order valence-corrected chi connectivity index (χ1v) is 10.6. The van der Waals surface area contributed by atoms with Gasteiger partial charge in [0.2, 0.25) is 0 Å². The number of rotatable bonds is 6. The van der Waals surface area contributed by atoms with Crippen LogP contribution in [0.4, 0.5) is 11.4 Å². The maximum absolute atomic E-state index is 13.0. The van der Waals surface area contributed by atoms with Crippen LogP contribution in [0.25, 0.3) is 5.57 Å². The average molecular weight is 421 g/mol. The first kappa shape index (κ1) is 20.9. The Balaban J connectivity index is 1.52. The molecule has 7 nitrogen and oxygen atoms in total. The van der Waals surface area contributed by atoms with Gasteiger partial charge in [0.1, 0.15) is 5.75 Å². The van der Waals surface area contributed by atoms with E-state index in [1.165, 1.54) is 0 Å². The fourth-order valence-electron chi connectivity index (χ4n) is 3.83. The molecule has 2 aliphatic heterocycles. The zero-order valence-corrected chi connectivity index (χ0v) is 17.9. The zero-order chi connectivity index (χ0) is 22.0. The summed E-state index contributed by atoms with van der Waals surface area (Å²) in [5, 5.41) is 10.4. The summed E-state index contributed by atoms with van der Waals surface area (Å²) in [6, 6.07) is 14.2. The highest BCUT2D eigenvalue weighted by atomic mass is 16.5. The predicted octanol–water partition coefficient (Wildman–Crippen LogP) is 3.07. The molecular formula is C24H27N3O4. The highest BCUT2D eigenvalue weighted by molar-refractivity contribution is 6.44. The maximum atomic E-state index is 13.0. The number of carbonyl (C=O) groups is 2. The summed E-state index contributed by atoms with van der Waals surface area (Å²) in [7, 11) is 2.11. The van der Waals surface area contributed by atoms with Crippen molar-refractivity contribution in [2.24, 2.45) is 0 Å². The van der Waals surface area contributed by atoms with Crippen molar-refractivity contribution in [3.63, 3.8) is 0 Å². The van der Waals surface area contributed by atoms with Crippen molar-refractivity contribution in [1.82, 2.24) is 4.90 Å². The maximum Gasteiger partial charge on any atom is 0.301 e. The van der Waals surface area contributed by atoms with Gasteiger partial charge in [0.25, 0.3) is 5.91 Å². The van der Waals surface area contributed by atoms with Gasteiger partial charge >= 0.3 is 5.91 Å². The Morgan fingerprint density at radius 2 is 1.48 bits per heavy atom. The molecular weight excluding hydrogens is 394 g/mol. The molecule has 1 fully saturated rings. The fourth-order valence-corrected chi connectivity index (χ4v) is 3.83. The summed E-state index contributed by atoms with van der Waals surface area (Å²) < 4.78 is 5.56. The van der Waals surface area contributed by atoms with E-state index in [2.05, 4.69) is 16.8 Å². The number of imide groups is 1. The first-order chi connectivity index (χ1) is 15.0. The lowest BCUT2D eigenvalue weighted by atomic mass is 10.1. The van der Waals surface area contributed by atoms with Crippen LogP contribution < -0.4 is 14.5 Å². The van der Waals surface area contributed by atoms with E-state index in [9.17, 15) is 14.7 Å². The molecule has 2 heterocycles. The van der Waals surface area contributed by atoms with Gasteiger partial charge in [-0.2, -0.15) is 0 Å². The summed E-state index contributed by atoms with van der Waals surface area (Å²) in [6.07, 6.45) is 0.892. The number of piperazine rings is 1. The number of hydrogen-bond acceptors (Lipinski definition) is 6. The zero-order valence-electron chi connectivity index (χ0n) is 17.9. The molecule has 2 amide bonds. The number of carbonyl (C=O) groups excluding carboxylic acids is 2. The fraction of sp³-hybridized carbons (Fsp3) is 0.333. The van der Waals surface area contributed by atoms with Crippen LogP contribution in [-0.2, 0) is 9.59 Å². The largest absolute Gasteiger partial charge is 0.502 e. The summed E-state index contributed by atoms with van der Waals surface area (Å²) >= 11 is 0. The highest BCUT2D eigenvalue weighted by Crippen LogP contribution is 2.33. The van der Waals surface area contributed by atoms with E-state index in [0.717, 1.165) is 43.2 Å². The van der Waals surface area contributed by atoms with Crippen LogP contribution in [0, 0.1) is 0 Å². The third-order valence-electron chi connectivity index (χ3n) is 5.65. The minimum absolute atomic E-state index is 0.00943. The van der Waals surface area contributed by atoms with E-state index in [1.54, 1.807) is 36.4 Å². The Bertz CT molecular complexity index is 990. The number of ether oxygens (including phenoxy) is 1. The lowest BCUT2D eigenvalue weighted by Gasteiger charge is -2.34. The molecule has 0 radical (unpaired) electrons. The van der Waals surface area contributed by atoms with E-state index < -0.39 is 17.6 Å². The van der Waals surface area contributed by atoms with Crippen molar-refractivity contribution in [3.8, 4) is 5.75 Å². The lowest BCUT2D eigenvalue weighted by molar-refractivity contribution is -0.121. The summed E-state index contributed by atoms with van der Waals surface area (Å²) in [4.78, 5) is 31.3. The molecule has 0 bridgehead atoms. The molecule has 0 spiro atoms. The highest BCUT2D eigenvalue weighted by Gasteiger charge is 2.40. The van der Waals surface area contributed by atoms with Gasteiger partial charge in [-0.3, -0.25) is 9.59 Å². The molecule has 0 aromatic heterocycles. The Hall–Kier alpha value is -3.32. The molecule has 0 saturated carbocycles. The number of likely N-dealkylation sites (N-methyl/N-ethyl adjacent to an activating group) is 1. The minimum atomic E-state index is -0.710. The molecule has 1 saturated heterocycles. The van der Waals surface area contributed by atoms with Crippen LogP contribution in [0.15, 0.2) is 54.3 Å². The van der Waals surface area contributed by atoms with Gasteiger partial charge in [0.15, 0.2) is 5.76 Å². The van der Waals surface area contributed by atoms with Crippen molar-refractivity contribution in [3.05, 3.63) is 59.9 Å². The summed E-state index contributed by atoms with van der Waals surface area (Å²) in [6.45, 7) is 6.47. The van der Waals surface area contributed by atoms with Crippen molar-refractivity contribution in [2.45, 2.75) is 13.3 Å². The van der Waals surface area contributed by atoms with Crippen LogP contribution in [0.5, 0.6) is 5.75 Å². The van der Waals surface area contributed by atoms with Gasteiger partial charge in [0.05, 0.1) is 17.9 Å². The third kappa shape index (κ3) is 4.14. The smallest absolute Gasteiger partial charge is 0.301 e. The van der Waals surface area contributed by atoms with Crippen LogP contribution in [0.2, 0.25) is 0 Å². The topological polar surface area (TPSA) is 73.3 Å². The van der Waals surface area contributed by atoms with Crippen molar-refractivity contribution in [1.29, 1.82) is 0 Å². The quantitative estimate of drug-likeness (QED) is 0.723. The summed E-state index contributed by atoms with van der Waals surface area (Å²) in [5.74, 6) is -1.09. The van der Waals surface area contributed by atoms with Gasteiger partial charge in [-0.05, 0) is 55.4 Å². The molecule has 2 aliphatic rings. The van der Waals surface area contributed by atoms with E-state index in [-0.39, 0.29) is 5.57 Å². The SMILES string of the molecule is CCCOc1ccc(C2=C(O)C(=O)N(c3ccc(N4CCN(C)CC4)cc3)C2=O)cc1. The Kier molecular flexibility index (Phi) is 5.95. The molecule has 0 unspecified atom stereocenters. The van der Waals surface area contributed by atoms with E-state index in [1.807, 2.05) is 19.1 Å². The molecule has 2 aromatic carbocycles. The molecule has 0 aliphatic carbocycles. The van der Waals surface area contributed by atoms with Gasteiger partial charge in [-0.15, -0.1) is 0 Å². The first-order valence-electron chi connectivity index (χ1n) is 10.6. The van der Waals surface area contributed by atoms with Gasteiger partial charge in [-0.25, -0.2) is 4.90 Å². The number of hydrogen-bond donors (Lipinski definition) is 1. The third-order valence-corrected chi connectivity index (χ3v) is 5.65. The van der Waals surface area contributed by atoms with Crippen LogP contribution in [0.1, 0.15) is 18.9 Å². The number of anilines is 2. The van der Waals surface area contributed by atoms with Crippen LogP contribution >= 0.6 is 0 Å². The summed E-state index contributed by atoms with van der Waals surface area (Å²) in [5.41, 5.74) is 1.99. The van der Waals surface area contributed by atoms with Gasteiger partial charge < -0.3 is 19.6 Å². The second-order valence-corrected chi connectivity index (χ2v) is 7.85. The number of nitrogens with zero attached hydrogens (tertiary/aromatic N) is 3. The van der Waals surface area contributed by atoms with Gasteiger partial charge in [0, 0.05) is 31.9 Å². The second kappa shape index (κ2) is 8.81. The van der Waals surface area contributed by atoms with Crippen LogP contribution in [-0.4, -0.2) is 61.7 Å². The van der Waals surface area contributed by atoms with Crippen molar-refractivity contribution in [2.75, 3.05) is 49.6 Å². The Labute approximate surface area is 182 Å². The lowest BCUT2D eigenvalue weighted by Crippen LogP contribution is -2.44. The molecule has 1 N–H and O–H groups in total. The van der Waals surface area contributed by atoms with Crippen LogP contribution in [0.3, 0.4) is 0 Å². The van der Waals surface area contributed by atoms with E-state index in [0.29, 0.717) is 23.6 Å². The standard InChI is InChI=1S/C24H27N3O4/c1-3-16-31-20-10-4-17(5-11-20)21-22(28)24(30)27(23(21)29)19-8-6-18(7-9-19)26-14-12-25(2)13-15-26/h4-11,28H,3,12-16H2,1-2H3. The number of aliphatic hydroxyl groups excluding tert-OH is 1. The number of amides is 2. The van der Waals surface area contributed by atoms with Gasteiger partial charge in [-0.1, -0.05) is 19.1 Å². The molecule has 7 heteroatoms. The average Bonchev–Trinajstić information content (AvgIpc) is 3.01. The normalized spacial score (nSPS) is 17.6. The second-order valence-electron chi connectivity index (χ2n) is 7.85. The Morgan fingerprint density at radius 1 is 0.871 bits per heavy atom. The molecule has 0 atom stereocenters. The number of aliphatic hydroxyl groups is 1. The molecule has 31 heavy (non-hydrogen) atoms.